The normalized spacial score (nSPS) is 10.4. The maximum Gasteiger partial charge on any atom is 0.208 e. The highest BCUT2D eigenvalue weighted by Crippen LogP contribution is 2.31. The highest BCUT2D eigenvalue weighted by atomic mass is 35.5. The number of anilines is 2. The lowest BCUT2D eigenvalue weighted by molar-refractivity contribution is 1.08. The number of rotatable bonds is 2. The number of H-pyrrole nitrogens is 1. The van der Waals surface area contributed by atoms with Gasteiger partial charge in [0.15, 0.2) is 3.95 Å². The van der Waals surface area contributed by atoms with Crippen LogP contribution in [0.2, 0.25) is 10.0 Å². The Labute approximate surface area is 111 Å². The summed E-state index contributed by atoms with van der Waals surface area (Å²) in [4.78, 5) is 0. The van der Waals surface area contributed by atoms with Crippen LogP contribution >= 0.6 is 46.8 Å². The predicted molar refractivity (Wildman–Crippen MR) is 71.8 cm³/mol. The van der Waals surface area contributed by atoms with Crippen LogP contribution in [0.5, 0.6) is 0 Å². The minimum atomic E-state index is 0.600. The summed E-state index contributed by atoms with van der Waals surface area (Å²) in [5.41, 5.74) is 1.65. The standard InChI is InChI=1S/C9H7Cl2N3S2/c1-4-2-6(11)7(3-5(4)10)12-8-13-14-9(15)16-8/h2-3H,1H3,(H,12,13)(H,14,15). The summed E-state index contributed by atoms with van der Waals surface area (Å²) in [7, 11) is 0. The third-order valence-electron chi connectivity index (χ3n) is 1.93. The van der Waals surface area contributed by atoms with Gasteiger partial charge in [-0.25, -0.2) is 0 Å². The van der Waals surface area contributed by atoms with Gasteiger partial charge in [0, 0.05) is 5.02 Å². The first kappa shape index (κ1) is 11.9. The fraction of sp³-hybridized carbons (Fsp3) is 0.111. The van der Waals surface area contributed by atoms with Crippen LogP contribution in [0.1, 0.15) is 5.56 Å². The van der Waals surface area contributed by atoms with Crippen LogP contribution in [0.4, 0.5) is 10.8 Å². The molecule has 0 amide bonds. The van der Waals surface area contributed by atoms with Gasteiger partial charge < -0.3 is 5.32 Å². The Morgan fingerprint density at radius 2 is 2.12 bits per heavy atom. The third-order valence-corrected chi connectivity index (χ3v) is 3.65. The molecule has 0 fully saturated rings. The van der Waals surface area contributed by atoms with E-state index >= 15 is 0 Å². The minimum Gasteiger partial charge on any atom is -0.329 e. The third kappa shape index (κ3) is 2.55. The van der Waals surface area contributed by atoms with E-state index in [4.69, 9.17) is 35.4 Å². The second-order valence-electron chi connectivity index (χ2n) is 3.12. The zero-order valence-corrected chi connectivity index (χ0v) is 11.3. The maximum atomic E-state index is 6.08. The van der Waals surface area contributed by atoms with Gasteiger partial charge in [0.25, 0.3) is 0 Å². The number of nitrogens with one attached hydrogen (secondary N) is 2. The van der Waals surface area contributed by atoms with Crippen LogP contribution < -0.4 is 5.32 Å². The van der Waals surface area contributed by atoms with Crippen molar-refractivity contribution in [2.45, 2.75) is 6.92 Å². The molecular weight excluding hydrogens is 285 g/mol. The average molecular weight is 292 g/mol. The zero-order chi connectivity index (χ0) is 11.7. The Morgan fingerprint density at radius 1 is 1.38 bits per heavy atom. The molecule has 0 unspecified atom stereocenters. The largest absolute Gasteiger partial charge is 0.329 e. The molecule has 2 aromatic rings. The van der Waals surface area contributed by atoms with E-state index in [1.54, 1.807) is 12.1 Å². The number of hydrogen-bond donors (Lipinski definition) is 2. The Hall–Kier alpha value is -0.620. The smallest absolute Gasteiger partial charge is 0.208 e. The van der Waals surface area contributed by atoms with Gasteiger partial charge >= 0.3 is 0 Å². The van der Waals surface area contributed by atoms with Crippen LogP contribution in [0.25, 0.3) is 0 Å². The van der Waals surface area contributed by atoms with E-state index in [1.165, 1.54) is 11.3 Å². The van der Waals surface area contributed by atoms with Crippen molar-refractivity contribution in [1.29, 1.82) is 0 Å². The molecule has 0 bridgehead atoms. The fourth-order valence-corrected chi connectivity index (χ4v) is 2.37. The number of aryl methyl sites for hydroxylation is 1. The summed E-state index contributed by atoms with van der Waals surface area (Å²) >= 11 is 18.4. The molecule has 0 atom stereocenters. The van der Waals surface area contributed by atoms with Crippen LogP contribution in [0.15, 0.2) is 12.1 Å². The number of benzene rings is 1. The lowest BCUT2D eigenvalue weighted by Crippen LogP contribution is -1.91. The lowest BCUT2D eigenvalue weighted by atomic mass is 10.2. The average Bonchev–Trinajstić information content (AvgIpc) is 2.60. The van der Waals surface area contributed by atoms with Gasteiger partial charge in [-0.2, -0.15) is 0 Å². The van der Waals surface area contributed by atoms with Crippen LogP contribution in [-0.4, -0.2) is 10.2 Å². The summed E-state index contributed by atoms with van der Waals surface area (Å²) in [5.74, 6) is 0. The van der Waals surface area contributed by atoms with Crippen LogP contribution in [0, 0.1) is 10.9 Å². The summed E-state index contributed by atoms with van der Waals surface area (Å²) in [5, 5.41) is 11.6. The molecule has 1 aromatic heterocycles. The molecule has 0 radical (unpaired) electrons. The molecule has 3 nitrogen and oxygen atoms in total. The first-order valence-corrected chi connectivity index (χ1v) is 6.32. The maximum absolute atomic E-state index is 6.08. The predicted octanol–water partition coefficient (Wildman–Crippen LogP) is 4.56. The summed E-state index contributed by atoms with van der Waals surface area (Å²) in [6.07, 6.45) is 0. The van der Waals surface area contributed by atoms with Gasteiger partial charge in [-0.3, -0.25) is 5.10 Å². The molecular formula is C9H7Cl2N3S2. The minimum absolute atomic E-state index is 0.600. The number of halogens is 2. The molecule has 2 N–H and O–H groups in total. The van der Waals surface area contributed by atoms with Gasteiger partial charge in [0.2, 0.25) is 5.13 Å². The van der Waals surface area contributed by atoms with Crippen molar-refractivity contribution in [2.75, 3.05) is 5.32 Å². The number of aromatic amines is 1. The van der Waals surface area contributed by atoms with Crippen molar-refractivity contribution in [3.05, 3.63) is 31.7 Å². The quantitative estimate of drug-likeness (QED) is 0.797. The van der Waals surface area contributed by atoms with Gasteiger partial charge in [-0.15, -0.1) is 5.10 Å². The van der Waals surface area contributed by atoms with Gasteiger partial charge in [0.05, 0.1) is 10.7 Å². The number of nitrogens with zero attached hydrogens (tertiary/aromatic N) is 1. The van der Waals surface area contributed by atoms with Crippen molar-refractivity contribution in [1.82, 2.24) is 10.2 Å². The second kappa shape index (κ2) is 4.71. The van der Waals surface area contributed by atoms with E-state index in [0.29, 0.717) is 19.1 Å². The highest BCUT2D eigenvalue weighted by molar-refractivity contribution is 7.73. The summed E-state index contributed by atoms with van der Waals surface area (Å²) < 4.78 is 0.608. The molecule has 0 saturated heterocycles. The van der Waals surface area contributed by atoms with E-state index in [1.807, 2.05) is 6.92 Å². The SMILES string of the molecule is Cc1cc(Cl)c(Nc2n[nH]c(=S)s2)cc1Cl. The van der Waals surface area contributed by atoms with E-state index in [9.17, 15) is 0 Å². The van der Waals surface area contributed by atoms with Gasteiger partial charge in [0.1, 0.15) is 0 Å². The number of aromatic nitrogens is 2. The molecule has 0 aliphatic carbocycles. The van der Waals surface area contributed by atoms with Crippen molar-refractivity contribution in [3.8, 4) is 0 Å². The highest BCUT2D eigenvalue weighted by Gasteiger charge is 2.06. The Kier molecular flexibility index (Phi) is 3.49. The number of hydrogen-bond acceptors (Lipinski definition) is 4. The molecule has 2 rings (SSSR count). The first-order valence-electron chi connectivity index (χ1n) is 4.34. The van der Waals surface area contributed by atoms with Crippen molar-refractivity contribution < 1.29 is 0 Å². The molecule has 84 valence electrons. The van der Waals surface area contributed by atoms with E-state index in [-0.39, 0.29) is 0 Å². The van der Waals surface area contributed by atoms with Crippen LogP contribution in [0.3, 0.4) is 0 Å². The first-order chi connectivity index (χ1) is 7.56. The summed E-state index contributed by atoms with van der Waals surface area (Å²) in [6.45, 7) is 1.90. The molecule has 1 heterocycles. The molecule has 0 spiro atoms. The molecule has 1 aromatic carbocycles. The van der Waals surface area contributed by atoms with Crippen molar-refractivity contribution in [2.24, 2.45) is 0 Å². The van der Waals surface area contributed by atoms with Crippen molar-refractivity contribution >= 4 is 57.6 Å². The van der Waals surface area contributed by atoms with E-state index < -0.39 is 0 Å². The fourth-order valence-electron chi connectivity index (χ4n) is 1.14. The van der Waals surface area contributed by atoms with Gasteiger partial charge in [-0.05, 0) is 36.8 Å². The topological polar surface area (TPSA) is 40.7 Å². The van der Waals surface area contributed by atoms with E-state index in [2.05, 4.69) is 15.5 Å². The second-order valence-corrected chi connectivity index (χ2v) is 5.60. The zero-order valence-electron chi connectivity index (χ0n) is 8.17. The monoisotopic (exact) mass is 291 g/mol. The Morgan fingerprint density at radius 3 is 2.75 bits per heavy atom. The van der Waals surface area contributed by atoms with Gasteiger partial charge in [-0.1, -0.05) is 34.5 Å². The van der Waals surface area contributed by atoms with Crippen molar-refractivity contribution in [3.63, 3.8) is 0 Å². The molecule has 0 aliphatic heterocycles. The summed E-state index contributed by atoms with van der Waals surface area (Å²) in [6, 6.07) is 3.57. The van der Waals surface area contributed by atoms with E-state index in [0.717, 1.165) is 11.3 Å². The molecule has 7 heteroatoms. The Bertz CT molecular complexity index is 576. The van der Waals surface area contributed by atoms with Crippen LogP contribution in [-0.2, 0) is 0 Å². The lowest BCUT2D eigenvalue weighted by Gasteiger charge is -2.07. The Balaban J connectivity index is 2.34. The molecule has 0 saturated carbocycles. The molecule has 0 aliphatic rings. The molecule has 16 heavy (non-hydrogen) atoms.